The second-order valence-corrected chi connectivity index (χ2v) is 10.8. The van der Waals surface area contributed by atoms with Gasteiger partial charge in [0, 0.05) is 21.5 Å². The summed E-state index contributed by atoms with van der Waals surface area (Å²) in [6, 6.07) is 4.84. The largest absolute Gasteiger partial charge is 0.465 e. The Labute approximate surface area is 193 Å². The molecule has 1 fully saturated rings. The zero-order valence-electron chi connectivity index (χ0n) is 17.8. The first-order valence-electron chi connectivity index (χ1n) is 9.64. The standard InChI is InChI=1S/C21H27Br2FN4O2/c1-12(26-27-18-15(22)8-13(24)9-16(18)23)14(11-25)21(5)6-7-28(19(29)30)17(10-21)20(2,3)4/h8-9,14,17,27H,6-7,10H2,1-5H3,(H,29,30). The van der Waals surface area contributed by atoms with E-state index in [1.54, 1.807) is 6.92 Å². The number of hydrogen-bond donors (Lipinski definition) is 2. The van der Waals surface area contributed by atoms with Crippen LogP contribution in [0.15, 0.2) is 26.2 Å². The zero-order chi connectivity index (χ0) is 22.9. The maximum atomic E-state index is 13.5. The summed E-state index contributed by atoms with van der Waals surface area (Å²) in [5.74, 6) is -0.885. The number of carbonyl (C=O) groups is 1. The number of benzene rings is 1. The summed E-state index contributed by atoms with van der Waals surface area (Å²) in [5.41, 5.74) is 3.40. The molecule has 3 unspecified atom stereocenters. The molecule has 1 aliphatic heterocycles. The predicted octanol–water partition coefficient (Wildman–Crippen LogP) is 6.47. The summed E-state index contributed by atoms with van der Waals surface area (Å²) in [6.07, 6.45) is 0.210. The van der Waals surface area contributed by atoms with Crippen molar-refractivity contribution in [3.8, 4) is 6.07 Å². The van der Waals surface area contributed by atoms with Crippen LogP contribution >= 0.6 is 31.9 Å². The van der Waals surface area contributed by atoms with Gasteiger partial charge in [0.15, 0.2) is 0 Å². The highest BCUT2D eigenvalue weighted by Gasteiger charge is 2.47. The van der Waals surface area contributed by atoms with Crippen molar-refractivity contribution in [3.05, 3.63) is 26.9 Å². The van der Waals surface area contributed by atoms with Crippen LogP contribution in [-0.2, 0) is 0 Å². The molecule has 2 rings (SSSR count). The first-order chi connectivity index (χ1) is 13.8. The minimum atomic E-state index is -0.927. The van der Waals surface area contributed by atoms with Gasteiger partial charge >= 0.3 is 6.09 Å². The van der Waals surface area contributed by atoms with Crippen LogP contribution in [0.25, 0.3) is 0 Å². The highest BCUT2D eigenvalue weighted by Crippen LogP contribution is 2.46. The summed E-state index contributed by atoms with van der Waals surface area (Å²) in [4.78, 5) is 13.2. The van der Waals surface area contributed by atoms with Gasteiger partial charge in [0.1, 0.15) is 5.82 Å². The van der Waals surface area contributed by atoms with Crippen molar-refractivity contribution < 1.29 is 14.3 Å². The Morgan fingerprint density at radius 3 is 2.47 bits per heavy atom. The van der Waals surface area contributed by atoms with Crippen molar-refractivity contribution in [1.82, 2.24) is 4.90 Å². The van der Waals surface area contributed by atoms with Crippen molar-refractivity contribution in [2.24, 2.45) is 21.8 Å². The minimum absolute atomic E-state index is 0.203. The lowest BCUT2D eigenvalue weighted by atomic mass is 9.63. The number of halogens is 3. The highest BCUT2D eigenvalue weighted by molar-refractivity contribution is 9.11. The van der Waals surface area contributed by atoms with Gasteiger partial charge in [-0.3, -0.25) is 5.43 Å². The lowest BCUT2D eigenvalue weighted by molar-refractivity contribution is 0.00425. The van der Waals surface area contributed by atoms with E-state index in [-0.39, 0.29) is 17.3 Å². The molecular weight excluding hydrogens is 519 g/mol. The summed E-state index contributed by atoms with van der Waals surface area (Å²) in [7, 11) is 0. The van der Waals surface area contributed by atoms with Crippen LogP contribution in [-0.4, -0.2) is 34.4 Å². The topological polar surface area (TPSA) is 88.7 Å². The van der Waals surface area contributed by atoms with Gasteiger partial charge in [0.2, 0.25) is 0 Å². The summed E-state index contributed by atoms with van der Waals surface area (Å²) in [6.45, 7) is 10.3. The van der Waals surface area contributed by atoms with E-state index >= 15 is 0 Å². The second kappa shape index (κ2) is 9.23. The number of nitriles is 1. The Bertz CT molecular complexity index is 871. The molecule has 1 aromatic carbocycles. The molecule has 2 N–H and O–H groups in total. The van der Waals surface area contributed by atoms with E-state index in [1.165, 1.54) is 17.0 Å². The normalized spacial score (nSPS) is 23.6. The number of nitrogens with one attached hydrogen (secondary N) is 1. The van der Waals surface area contributed by atoms with Gasteiger partial charge in [0.25, 0.3) is 0 Å². The number of piperidine rings is 1. The summed E-state index contributed by atoms with van der Waals surface area (Å²) >= 11 is 6.62. The maximum absolute atomic E-state index is 13.5. The van der Waals surface area contributed by atoms with Gasteiger partial charge in [-0.05, 0) is 74.6 Å². The third kappa shape index (κ3) is 5.33. The van der Waals surface area contributed by atoms with Crippen LogP contribution in [0.2, 0.25) is 0 Å². The molecule has 164 valence electrons. The van der Waals surface area contributed by atoms with E-state index in [2.05, 4.69) is 48.5 Å². The molecule has 1 aromatic rings. The fourth-order valence-electron chi connectivity index (χ4n) is 4.06. The first-order valence-corrected chi connectivity index (χ1v) is 11.2. The van der Waals surface area contributed by atoms with E-state index in [1.807, 2.05) is 27.7 Å². The van der Waals surface area contributed by atoms with Crippen molar-refractivity contribution in [2.45, 2.75) is 53.5 Å². The van der Waals surface area contributed by atoms with Crippen LogP contribution in [0.1, 0.15) is 47.5 Å². The van der Waals surface area contributed by atoms with E-state index in [9.17, 15) is 19.6 Å². The van der Waals surface area contributed by atoms with Gasteiger partial charge < -0.3 is 10.0 Å². The number of carboxylic acid groups (broad SMARTS) is 1. The molecular formula is C21H27Br2FN4O2. The molecule has 9 heteroatoms. The van der Waals surface area contributed by atoms with Gasteiger partial charge in [-0.15, -0.1) is 0 Å². The van der Waals surface area contributed by atoms with Crippen LogP contribution in [0, 0.1) is 33.9 Å². The summed E-state index contributed by atoms with van der Waals surface area (Å²) in [5, 5.41) is 24.0. The smallest absolute Gasteiger partial charge is 0.407 e. The number of anilines is 1. The molecule has 0 spiro atoms. The van der Waals surface area contributed by atoms with Crippen molar-refractivity contribution in [1.29, 1.82) is 5.26 Å². The molecule has 1 saturated heterocycles. The number of hydrazone groups is 1. The molecule has 6 nitrogen and oxygen atoms in total. The van der Waals surface area contributed by atoms with Gasteiger partial charge in [0.05, 0.1) is 23.4 Å². The number of likely N-dealkylation sites (tertiary alicyclic amines) is 1. The average molecular weight is 546 g/mol. The fraction of sp³-hybridized carbons (Fsp3) is 0.571. The second-order valence-electron chi connectivity index (χ2n) is 9.14. The number of hydrogen-bond acceptors (Lipinski definition) is 4. The molecule has 0 aliphatic carbocycles. The highest BCUT2D eigenvalue weighted by atomic mass is 79.9. The quantitative estimate of drug-likeness (QED) is 0.335. The Kier molecular flexibility index (Phi) is 7.57. The number of rotatable bonds is 4. The Balaban J connectivity index is 2.30. The van der Waals surface area contributed by atoms with Gasteiger partial charge in [-0.2, -0.15) is 10.4 Å². The monoisotopic (exact) mass is 544 g/mol. The van der Waals surface area contributed by atoms with Gasteiger partial charge in [-0.1, -0.05) is 27.7 Å². The molecule has 30 heavy (non-hydrogen) atoms. The lowest BCUT2D eigenvalue weighted by Gasteiger charge is -2.50. The Hall–Kier alpha value is -1.66. The molecule has 0 radical (unpaired) electrons. The van der Waals surface area contributed by atoms with Crippen LogP contribution < -0.4 is 5.43 Å². The summed E-state index contributed by atoms with van der Waals surface area (Å²) < 4.78 is 14.5. The predicted molar refractivity (Wildman–Crippen MR) is 123 cm³/mol. The molecule has 0 saturated carbocycles. The molecule has 0 aromatic heterocycles. The Morgan fingerprint density at radius 2 is 2.00 bits per heavy atom. The lowest BCUT2D eigenvalue weighted by Crippen LogP contribution is -2.56. The molecule has 3 atom stereocenters. The van der Waals surface area contributed by atoms with Crippen LogP contribution in [0.5, 0.6) is 0 Å². The van der Waals surface area contributed by atoms with E-state index < -0.39 is 17.4 Å². The van der Waals surface area contributed by atoms with Crippen molar-refractivity contribution >= 4 is 49.4 Å². The van der Waals surface area contributed by atoms with Gasteiger partial charge in [-0.25, -0.2) is 9.18 Å². The average Bonchev–Trinajstić information content (AvgIpc) is 2.60. The zero-order valence-corrected chi connectivity index (χ0v) is 20.9. The van der Waals surface area contributed by atoms with Crippen molar-refractivity contribution in [3.63, 3.8) is 0 Å². The molecule has 0 bridgehead atoms. The Morgan fingerprint density at radius 1 is 1.43 bits per heavy atom. The number of nitrogens with zero attached hydrogens (tertiary/aromatic N) is 3. The van der Waals surface area contributed by atoms with E-state index in [4.69, 9.17) is 0 Å². The molecule has 1 amide bonds. The third-order valence-electron chi connectivity index (χ3n) is 5.80. The first kappa shape index (κ1) is 24.6. The van der Waals surface area contributed by atoms with E-state index in [0.717, 1.165) is 0 Å². The third-order valence-corrected chi connectivity index (χ3v) is 7.05. The van der Waals surface area contributed by atoms with Crippen LogP contribution in [0.4, 0.5) is 14.9 Å². The fourth-order valence-corrected chi connectivity index (χ4v) is 5.37. The maximum Gasteiger partial charge on any atom is 0.407 e. The molecule has 1 heterocycles. The minimum Gasteiger partial charge on any atom is -0.465 e. The number of amides is 1. The SMILES string of the molecule is CC(=NNc1c(Br)cc(F)cc1Br)C(C#N)C1(C)CCN(C(=O)O)C(C(C)(C)C)C1. The van der Waals surface area contributed by atoms with E-state index in [0.29, 0.717) is 39.7 Å². The van der Waals surface area contributed by atoms with Crippen LogP contribution in [0.3, 0.4) is 0 Å². The molecule has 1 aliphatic rings. The van der Waals surface area contributed by atoms with Crippen molar-refractivity contribution in [2.75, 3.05) is 12.0 Å².